The van der Waals surface area contributed by atoms with Crippen LogP contribution in [0.25, 0.3) is 11.1 Å². The number of aryl methyl sites for hydroxylation is 2. The minimum atomic E-state index is 0.151. The van der Waals surface area contributed by atoms with E-state index in [0.29, 0.717) is 17.8 Å². The highest BCUT2D eigenvalue weighted by Crippen LogP contribution is 2.34. The van der Waals surface area contributed by atoms with Crippen LogP contribution in [0.3, 0.4) is 0 Å². The Morgan fingerprint density at radius 2 is 2.04 bits per heavy atom. The fraction of sp³-hybridized carbons (Fsp3) is 0.632. The summed E-state index contributed by atoms with van der Waals surface area (Å²) in [5, 5.41) is 4.90. The van der Waals surface area contributed by atoms with Crippen molar-refractivity contribution in [2.24, 2.45) is 0 Å². The molecule has 5 rings (SSSR count). The monoisotopic (exact) mass is 340 g/mol. The second kappa shape index (κ2) is 5.53. The lowest BCUT2D eigenvalue weighted by molar-refractivity contribution is 0.0741. The Bertz CT molecular complexity index is 859. The van der Waals surface area contributed by atoms with E-state index in [9.17, 15) is 4.79 Å². The molecule has 25 heavy (non-hydrogen) atoms. The third-order valence-corrected chi connectivity index (χ3v) is 6.47. The number of rotatable bonds is 1. The normalized spacial score (nSPS) is 26.2. The van der Waals surface area contributed by atoms with Crippen molar-refractivity contribution < 1.29 is 9.32 Å². The number of pyridine rings is 1. The highest BCUT2D eigenvalue weighted by atomic mass is 16.5. The van der Waals surface area contributed by atoms with E-state index in [2.05, 4.69) is 27.0 Å². The van der Waals surface area contributed by atoms with Gasteiger partial charge in [0.25, 0.3) is 11.6 Å². The molecular weight excluding hydrogens is 316 g/mol. The lowest BCUT2D eigenvalue weighted by Crippen LogP contribution is -2.40. The van der Waals surface area contributed by atoms with Crippen LogP contribution in [0.2, 0.25) is 0 Å². The first kappa shape index (κ1) is 15.3. The standard InChI is InChI=1S/C19H24N4O2/c1-11-16-17(14-4-3-5-15(14)20-18(16)25-21-11)19(24)23-9-8-12-6-7-13(10-23)22(12)2/h12-13H,3-10H2,1-2H3/t12-,13+/m1/s1. The van der Waals surface area contributed by atoms with Crippen LogP contribution in [0.15, 0.2) is 4.52 Å². The zero-order valence-corrected chi connectivity index (χ0v) is 14.9. The molecular formula is C19H24N4O2. The van der Waals surface area contributed by atoms with E-state index >= 15 is 0 Å². The average Bonchev–Trinajstić information content (AvgIpc) is 3.25. The van der Waals surface area contributed by atoms with Crippen LogP contribution in [0.4, 0.5) is 0 Å². The molecule has 2 atom stereocenters. The molecule has 0 spiro atoms. The number of hydrogen-bond donors (Lipinski definition) is 0. The molecule has 0 unspecified atom stereocenters. The number of aromatic nitrogens is 2. The van der Waals surface area contributed by atoms with Gasteiger partial charge in [-0.1, -0.05) is 5.16 Å². The van der Waals surface area contributed by atoms with Crippen molar-refractivity contribution in [3.05, 3.63) is 22.5 Å². The van der Waals surface area contributed by atoms with Gasteiger partial charge < -0.3 is 9.42 Å². The third kappa shape index (κ3) is 2.23. The molecule has 2 aliphatic heterocycles. The highest BCUT2D eigenvalue weighted by Gasteiger charge is 2.38. The van der Waals surface area contributed by atoms with E-state index in [1.165, 1.54) is 12.8 Å². The first-order chi connectivity index (χ1) is 12.1. The summed E-state index contributed by atoms with van der Waals surface area (Å²) in [4.78, 5) is 22.7. The van der Waals surface area contributed by atoms with Gasteiger partial charge in [0.15, 0.2) is 0 Å². The Hall–Kier alpha value is -1.95. The minimum absolute atomic E-state index is 0.151. The Balaban J connectivity index is 1.59. The van der Waals surface area contributed by atoms with Gasteiger partial charge in [0, 0.05) is 30.9 Å². The van der Waals surface area contributed by atoms with Crippen LogP contribution < -0.4 is 0 Å². The van der Waals surface area contributed by atoms with Gasteiger partial charge in [-0.05, 0) is 58.1 Å². The van der Waals surface area contributed by atoms with Crippen molar-refractivity contribution in [1.82, 2.24) is 19.9 Å². The van der Waals surface area contributed by atoms with E-state index in [1.807, 2.05) is 6.92 Å². The predicted octanol–water partition coefficient (Wildman–Crippen LogP) is 2.33. The maximum absolute atomic E-state index is 13.6. The van der Waals surface area contributed by atoms with Gasteiger partial charge in [-0.15, -0.1) is 0 Å². The van der Waals surface area contributed by atoms with E-state index in [0.717, 1.165) is 66.7 Å². The van der Waals surface area contributed by atoms with Gasteiger partial charge in [-0.2, -0.15) is 0 Å². The Morgan fingerprint density at radius 3 is 2.92 bits per heavy atom. The van der Waals surface area contributed by atoms with Crippen LogP contribution in [0, 0.1) is 6.92 Å². The van der Waals surface area contributed by atoms with Crippen molar-refractivity contribution in [1.29, 1.82) is 0 Å². The molecule has 6 nitrogen and oxygen atoms in total. The smallest absolute Gasteiger partial charge is 0.259 e. The largest absolute Gasteiger partial charge is 0.337 e. The second-order valence-electron chi connectivity index (χ2n) is 7.80. The topological polar surface area (TPSA) is 62.5 Å². The molecule has 0 saturated carbocycles. The number of amides is 1. The summed E-state index contributed by atoms with van der Waals surface area (Å²) in [7, 11) is 2.21. The number of likely N-dealkylation sites (tertiary alicyclic amines) is 1. The lowest BCUT2D eigenvalue weighted by Gasteiger charge is -2.26. The van der Waals surface area contributed by atoms with Gasteiger partial charge in [0.2, 0.25) is 0 Å². The molecule has 132 valence electrons. The predicted molar refractivity (Wildman–Crippen MR) is 93.7 cm³/mol. The summed E-state index contributed by atoms with van der Waals surface area (Å²) < 4.78 is 5.40. The second-order valence-corrected chi connectivity index (χ2v) is 7.80. The van der Waals surface area contributed by atoms with Crippen molar-refractivity contribution in [2.45, 2.75) is 57.5 Å². The zero-order chi connectivity index (χ0) is 17.1. The lowest BCUT2D eigenvalue weighted by atomic mass is 10.00. The van der Waals surface area contributed by atoms with Crippen LogP contribution in [0.5, 0.6) is 0 Å². The van der Waals surface area contributed by atoms with E-state index < -0.39 is 0 Å². The van der Waals surface area contributed by atoms with E-state index in [1.54, 1.807) is 0 Å². The zero-order valence-electron chi connectivity index (χ0n) is 14.9. The molecule has 0 aromatic carbocycles. The Kier molecular flexibility index (Phi) is 3.39. The molecule has 1 amide bonds. The van der Waals surface area contributed by atoms with Crippen molar-refractivity contribution in [3.8, 4) is 0 Å². The Labute approximate surface area is 147 Å². The maximum atomic E-state index is 13.6. The first-order valence-electron chi connectivity index (χ1n) is 9.42. The molecule has 2 aromatic rings. The van der Waals surface area contributed by atoms with E-state index in [-0.39, 0.29) is 5.91 Å². The summed E-state index contributed by atoms with van der Waals surface area (Å²) >= 11 is 0. The Morgan fingerprint density at radius 1 is 1.20 bits per heavy atom. The SMILES string of the molecule is Cc1noc2nc3c(c(C(=O)N4CC[C@H]5CC[C@@H](C4)N5C)c12)CCC3. The van der Waals surface area contributed by atoms with Crippen LogP contribution in [0.1, 0.15) is 53.0 Å². The van der Waals surface area contributed by atoms with Crippen LogP contribution in [-0.4, -0.2) is 58.1 Å². The molecule has 2 fully saturated rings. The van der Waals surface area contributed by atoms with Crippen molar-refractivity contribution in [3.63, 3.8) is 0 Å². The number of carbonyl (C=O) groups is 1. The fourth-order valence-corrected chi connectivity index (χ4v) is 5.00. The highest BCUT2D eigenvalue weighted by molar-refractivity contribution is 6.07. The van der Waals surface area contributed by atoms with Crippen molar-refractivity contribution in [2.75, 3.05) is 20.1 Å². The fourth-order valence-electron chi connectivity index (χ4n) is 5.00. The molecule has 4 heterocycles. The number of carbonyl (C=O) groups excluding carboxylic acids is 1. The summed E-state index contributed by atoms with van der Waals surface area (Å²) in [6.07, 6.45) is 6.46. The molecule has 3 aliphatic rings. The van der Waals surface area contributed by atoms with Gasteiger partial charge in [0.05, 0.1) is 16.6 Å². The van der Waals surface area contributed by atoms with Gasteiger partial charge >= 0.3 is 0 Å². The molecule has 0 radical (unpaired) electrons. The summed E-state index contributed by atoms with van der Waals surface area (Å²) in [5.74, 6) is 0.151. The number of likely N-dealkylation sites (N-methyl/N-ethyl adjacent to an activating group) is 1. The molecule has 6 heteroatoms. The molecule has 0 N–H and O–H groups in total. The molecule has 1 aliphatic carbocycles. The molecule has 2 bridgehead atoms. The first-order valence-corrected chi connectivity index (χ1v) is 9.42. The third-order valence-electron chi connectivity index (χ3n) is 6.47. The van der Waals surface area contributed by atoms with Crippen LogP contribution >= 0.6 is 0 Å². The molecule has 2 saturated heterocycles. The quantitative estimate of drug-likeness (QED) is 0.797. The van der Waals surface area contributed by atoms with Crippen molar-refractivity contribution >= 4 is 17.0 Å². The number of fused-ring (bicyclic) bond motifs is 4. The maximum Gasteiger partial charge on any atom is 0.259 e. The van der Waals surface area contributed by atoms with Gasteiger partial charge in [-0.25, -0.2) is 4.98 Å². The van der Waals surface area contributed by atoms with E-state index in [4.69, 9.17) is 4.52 Å². The summed E-state index contributed by atoms with van der Waals surface area (Å²) in [6.45, 7) is 3.58. The summed E-state index contributed by atoms with van der Waals surface area (Å²) in [5.41, 5.74) is 4.27. The average molecular weight is 340 g/mol. The van der Waals surface area contributed by atoms with Gasteiger partial charge in [-0.3, -0.25) is 9.69 Å². The number of hydrogen-bond acceptors (Lipinski definition) is 5. The number of nitrogens with zero attached hydrogens (tertiary/aromatic N) is 4. The van der Waals surface area contributed by atoms with Gasteiger partial charge in [0.1, 0.15) is 0 Å². The van der Waals surface area contributed by atoms with Crippen LogP contribution in [-0.2, 0) is 12.8 Å². The molecule has 2 aromatic heterocycles. The minimum Gasteiger partial charge on any atom is -0.337 e. The summed E-state index contributed by atoms with van der Waals surface area (Å²) in [6, 6.07) is 1.12.